The third-order valence-corrected chi connectivity index (χ3v) is 3.08. The molecule has 0 amide bonds. The Bertz CT molecular complexity index is 459. The molecule has 97 valence electrons. The normalized spacial score (nSPS) is 15.8. The van der Waals surface area contributed by atoms with Crippen molar-refractivity contribution in [3.8, 4) is 0 Å². The molecule has 2 rings (SSSR count). The minimum Gasteiger partial charge on any atom is -0.512 e. The predicted molar refractivity (Wildman–Crippen MR) is 73.8 cm³/mol. The molecule has 1 N–H and O–H groups in total. The van der Waals surface area contributed by atoms with E-state index in [0.717, 1.165) is 13.1 Å². The second-order valence-electron chi connectivity index (χ2n) is 4.36. The quantitative estimate of drug-likeness (QED) is 0.668. The molecule has 0 unspecified atom stereocenters. The van der Waals surface area contributed by atoms with Gasteiger partial charge in [-0.25, -0.2) is 4.79 Å². The number of carbonyl (C=O) groups is 1. The van der Waals surface area contributed by atoms with E-state index in [9.17, 15) is 9.90 Å². The van der Waals surface area contributed by atoms with Gasteiger partial charge in [0.25, 0.3) is 0 Å². The fourth-order valence-electron chi connectivity index (χ4n) is 2.09. The Balaban J connectivity index is 0.00000180. The van der Waals surface area contributed by atoms with E-state index < -0.39 is 5.97 Å². The molecule has 0 spiro atoms. The van der Waals surface area contributed by atoms with Crippen LogP contribution in [0.15, 0.2) is 41.7 Å². The Morgan fingerprint density at radius 3 is 2.68 bits per heavy atom. The maximum atomic E-state index is 11.5. The van der Waals surface area contributed by atoms with Crippen LogP contribution in [0.1, 0.15) is 12.0 Å². The smallest absolute Gasteiger partial charge is 0.338 e. The van der Waals surface area contributed by atoms with Gasteiger partial charge in [-0.1, -0.05) is 30.3 Å². The molecule has 0 saturated carbocycles. The molecule has 1 aromatic rings. The number of hydrogen-bond acceptors (Lipinski definition) is 4. The molecular weight excluding hydrogens is 253 g/mol. The van der Waals surface area contributed by atoms with Crippen molar-refractivity contribution in [1.82, 2.24) is 4.90 Å². The maximum absolute atomic E-state index is 11.5. The van der Waals surface area contributed by atoms with Gasteiger partial charge in [-0.3, -0.25) is 4.90 Å². The molecule has 1 aliphatic rings. The fraction of sp³-hybridized carbons (Fsp3) is 0.357. The van der Waals surface area contributed by atoms with Crippen molar-refractivity contribution in [3.05, 3.63) is 47.2 Å². The van der Waals surface area contributed by atoms with Gasteiger partial charge in [0.1, 0.15) is 5.76 Å². The van der Waals surface area contributed by atoms with Gasteiger partial charge in [0.05, 0.1) is 12.7 Å². The first kappa shape index (κ1) is 16.2. The molecule has 0 aromatic heterocycles. The van der Waals surface area contributed by atoms with Crippen molar-refractivity contribution in [2.75, 3.05) is 20.2 Å². The minimum absolute atomic E-state index is 0. The molecule has 0 bridgehead atoms. The topological polar surface area (TPSA) is 49.8 Å². The van der Waals surface area contributed by atoms with Crippen LogP contribution in [0.25, 0.3) is 0 Å². The van der Waals surface area contributed by atoms with Gasteiger partial charge in [-0.15, -0.1) is 0 Å². The number of aliphatic hydroxyl groups excluding tert-OH is 1. The van der Waals surface area contributed by atoms with Crippen LogP contribution in [0.4, 0.5) is 0 Å². The Labute approximate surface area is 135 Å². The molecule has 1 aliphatic heterocycles. The maximum Gasteiger partial charge on any atom is 0.338 e. The van der Waals surface area contributed by atoms with Crippen LogP contribution in [0.2, 0.25) is 0 Å². The number of rotatable bonds is 3. The van der Waals surface area contributed by atoms with Crippen LogP contribution in [-0.2, 0) is 16.1 Å². The van der Waals surface area contributed by atoms with Gasteiger partial charge >= 0.3 is 5.97 Å². The van der Waals surface area contributed by atoms with Crippen LogP contribution < -0.4 is 0 Å². The van der Waals surface area contributed by atoms with Crippen LogP contribution in [0, 0.1) is 0 Å². The first-order chi connectivity index (χ1) is 8.70. The van der Waals surface area contributed by atoms with E-state index >= 15 is 0 Å². The molecule has 5 heteroatoms. The Hall–Kier alpha value is -0.810. The summed E-state index contributed by atoms with van der Waals surface area (Å²) < 4.78 is 4.68. The van der Waals surface area contributed by atoms with Crippen LogP contribution in [0.3, 0.4) is 0 Å². The summed E-state index contributed by atoms with van der Waals surface area (Å²) in [6.45, 7) is 1.96. The van der Waals surface area contributed by atoms with Crippen molar-refractivity contribution < 1.29 is 14.6 Å². The molecule has 1 heterocycles. The second-order valence-corrected chi connectivity index (χ2v) is 4.36. The monoisotopic (exact) mass is 270 g/mol. The van der Waals surface area contributed by atoms with E-state index in [1.807, 2.05) is 18.2 Å². The molecule has 1 aromatic carbocycles. The van der Waals surface area contributed by atoms with Crippen LogP contribution >= 0.6 is 0 Å². The summed E-state index contributed by atoms with van der Waals surface area (Å²) in [7, 11) is 1.33. The number of carbonyl (C=O) groups excluding carboxylic acids is 1. The van der Waals surface area contributed by atoms with Crippen molar-refractivity contribution >= 4 is 35.5 Å². The number of nitrogens with zero attached hydrogens (tertiary/aromatic N) is 1. The number of esters is 1. The molecule has 1 radical (unpaired) electrons. The van der Waals surface area contributed by atoms with Gasteiger partial charge in [-0.2, -0.15) is 0 Å². The van der Waals surface area contributed by atoms with Crippen molar-refractivity contribution in [2.24, 2.45) is 0 Å². The number of ether oxygens (including phenoxy) is 1. The van der Waals surface area contributed by atoms with E-state index in [4.69, 9.17) is 0 Å². The van der Waals surface area contributed by atoms with E-state index in [1.54, 1.807) is 0 Å². The summed E-state index contributed by atoms with van der Waals surface area (Å²) in [6, 6.07) is 10.1. The molecule has 0 fully saturated rings. The standard InChI is InChI=1S/C14H17NO3.Na/c1-18-14(17)12-10-15(8-7-13(12)16)9-11-5-3-2-4-6-11;/h2-6,16H,7-10H2,1H3;. The SMILES string of the molecule is COC(=O)C1=C(O)CCN(Cc2ccccc2)C1.[Na]. The number of benzene rings is 1. The third kappa shape index (κ3) is 4.35. The molecular formula is C14H17NNaO3. The Morgan fingerprint density at radius 2 is 2.05 bits per heavy atom. The number of hydrogen-bond donors (Lipinski definition) is 1. The molecule has 0 atom stereocenters. The average molecular weight is 270 g/mol. The minimum atomic E-state index is -0.440. The van der Waals surface area contributed by atoms with Crippen molar-refractivity contribution in [2.45, 2.75) is 13.0 Å². The van der Waals surface area contributed by atoms with Gasteiger partial charge in [0.15, 0.2) is 0 Å². The zero-order valence-electron chi connectivity index (χ0n) is 11.4. The summed E-state index contributed by atoms with van der Waals surface area (Å²) in [5.41, 5.74) is 1.57. The van der Waals surface area contributed by atoms with Gasteiger partial charge in [0.2, 0.25) is 0 Å². The third-order valence-electron chi connectivity index (χ3n) is 3.08. The zero-order valence-corrected chi connectivity index (χ0v) is 13.4. The van der Waals surface area contributed by atoms with Crippen LogP contribution in [-0.4, -0.2) is 65.7 Å². The Morgan fingerprint density at radius 1 is 1.37 bits per heavy atom. The van der Waals surface area contributed by atoms with Crippen LogP contribution in [0.5, 0.6) is 0 Å². The van der Waals surface area contributed by atoms with E-state index in [0.29, 0.717) is 18.5 Å². The molecule has 0 saturated heterocycles. The van der Waals surface area contributed by atoms with Crippen molar-refractivity contribution in [3.63, 3.8) is 0 Å². The summed E-state index contributed by atoms with van der Waals surface area (Å²) in [4.78, 5) is 13.6. The molecule has 4 nitrogen and oxygen atoms in total. The summed E-state index contributed by atoms with van der Waals surface area (Å²) in [5, 5.41) is 9.71. The molecule has 19 heavy (non-hydrogen) atoms. The van der Waals surface area contributed by atoms with Gasteiger partial charge in [-0.05, 0) is 5.56 Å². The summed E-state index contributed by atoms with van der Waals surface area (Å²) >= 11 is 0. The van der Waals surface area contributed by atoms with Crippen molar-refractivity contribution in [1.29, 1.82) is 0 Å². The number of aliphatic hydroxyl groups is 1. The summed E-state index contributed by atoms with van der Waals surface area (Å²) in [6.07, 6.45) is 0.497. The summed E-state index contributed by atoms with van der Waals surface area (Å²) in [5.74, 6) is -0.281. The average Bonchev–Trinajstić information content (AvgIpc) is 2.41. The first-order valence-electron chi connectivity index (χ1n) is 5.96. The second kappa shape index (κ2) is 7.70. The molecule has 0 aliphatic carbocycles. The first-order valence-corrected chi connectivity index (χ1v) is 5.96. The largest absolute Gasteiger partial charge is 0.512 e. The van der Waals surface area contributed by atoms with Gasteiger partial charge in [0, 0.05) is 55.6 Å². The number of methoxy groups -OCH3 is 1. The Kier molecular flexibility index (Phi) is 6.58. The zero-order chi connectivity index (χ0) is 13.0. The van der Waals surface area contributed by atoms with E-state index in [-0.39, 0.29) is 35.3 Å². The van der Waals surface area contributed by atoms with Gasteiger partial charge < -0.3 is 9.84 Å². The van der Waals surface area contributed by atoms with E-state index in [2.05, 4.69) is 21.8 Å². The fourth-order valence-corrected chi connectivity index (χ4v) is 2.09. The van der Waals surface area contributed by atoms with E-state index in [1.165, 1.54) is 12.7 Å². The predicted octanol–water partition coefficient (Wildman–Crippen LogP) is 1.50.